The molecule has 1 saturated heterocycles. The second-order valence-electron chi connectivity index (χ2n) is 7.53. The smallest absolute Gasteiger partial charge is 0.143 e. The van der Waals surface area contributed by atoms with E-state index in [4.69, 9.17) is 0 Å². The van der Waals surface area contributed by atoms with Gasteiger partial charge in [-0.1, -0.05) is 18.2 Å². The lowest BCUT2D eigenvalue weighted by molar-refractivity contribution is 0.201. The molecule has 2 aliphatic heterocycles. The van der Waals surface area contributed by atoms with Crippen molar-refractivity contribution in [3.8, 4) is 0 Å². The van der Waals surface area contributed by atoms with Crippen LogP contribution < -0.4 is 10.2 Å². The van der Waals surface area contributed by atoms with Crippen molar-refractivity contribution >= 4 is 11.8 Å². The number of pyridine rings is 1. The van der Waals surface area contributed by atoms with Crippen LogP contribution in [0.4, 0.5) is 14.5 Å². The van der Waals surface area contributed by atoms with E-state index in [2.05, 4.69) is 26.2 Å². The highest BCUT2D eigenvalue weighted by atomic mass is 19.1. The Morgan fingerprint density at radius 2 is 1.82 bits per heavy atom. The number of benzene rings is 1. The number of aromatic nitrogens is 1. The first-order valence-electron chi connectivity index (χ1n) is 9.94. The maximum atomic E-state index is 13.6. The first kappa shape index (κ1) is 19.0. The molecule has 0 bridgehead atoms. The fourth-order valence-electron chi connectivity index (χ4n) is 3.91. The molecule has 1 fully saturated rings. The molecule has 6 heteroatoms. The number of nitrogens with one attached hydrogen (secondary N) is 1. The van der Waals surface area contributed by atoms with Crippen LogP contribution >= 0.6 is 0 Å². The van der Waals surface area contributed by atoms with Crippen molar-refractivity contribution in [1.29, 1.82) is 0 Å². The molecule has 1 N–H and O–H groups in total. The minimum Gasteiger partial charge on any atom is -0.365 e. The fraction of sp³-hybridized carbons (Fsp3) is 0.409. The number of piperidine rings is 1. The first-order chi connectivity index (χ1) is 13.7. The second-order valence-corrected chi connectivity index (χ2v) is 7.53. The number of hydrogen-bond donors (Lipinski definition) is 1. The topological polar surface area (TPSA) is 31.4 Å². The normalized spacial score (nSPS) is 17.7. The number of likely N-dealkylation sites (tertiary alicyclic amines) is 1. The molecular weight excluding hydrogens is 358 g/mol. The highest BCUT2D eigenvalue weighted by molar-refractivity contribution is 5.68. The number of anilines is 1. The van der Waals surface area contributed by atoms with Crippen LogP contribution in [0.2, 0.25) is 0 Å². The second kappa shape index (κ2) is 8.80. The van der Waals surface area contributed by atoms with Crippen molar-refractivity contribution < 1.29 is 8.78 Å². The van der Waals surface area contributed by atoms with Crippen LogP contribution in [0.5, 0.6) is 0 Å². The Hall–Kier alpha value is -2.31. The van der Waals surface area contributed by atoms with Gasteiger partial charge in [0.2, 0.25) is 0 Å². The molecule has 0 saturated carbocycles. The third-order valence-corrected chi connectivity index (χ3v) is 5.59. The molecule has 1 aromatic heterocycles. The summed E-state index contributed by atoms with van der Waals surface area (Å²) in [7, 11) is 0. The third kappa shape index (κ3) is 4.75. The van der Waals surface area contributed by atoms with E-state index < -0.39 is 0 Å². The van der Waals surface area contributed by atoms with Gasteiger partial charge in [-0.25, -0.2) is 8.78 Å². The molecule has 148 valence electrons. The first-order valence-corrected chi connectivity index (χ1v) is 9.94. The average molecular weight is 384 g/mol. The Labute approximate surface area is 164 Å². The maximum absolute atomic E-state index is 13.6. The van der Waals surface area contributed by atoms with Gasteiger partial charge >= 0.3 is 0 Å². The monoisotopic (exact) mass is 384 g/mol. The van der Waals surface area contributed by atoms with E-state index >= 15 is 0 Å². The zero-order valence-electron chi connectivity index (χ0n) is 16.0. The van der Waals surface area contributed by atoms with Crippen LogP contribution in [0.15, 0.2) is 42.6 Å². The van der Waals surface area contributed by atoms with Gasteiger partial charge in [-0.2, -0.15) is 0 Å². The molecule has 0 spiro atoms. The van der Waals surface area contributed by atoms with Gasteiger partial charge in [-0.15, -0.1) is 0 Å². The van der Waals surface area contributed by atoms with Crippen LogP contribution in [-0.2, 0) is 6.54 Å². The van der Waals surface area contributed by atoms with Gasteiger partial charge in [0.15, 0.2) is 0 Å². The predicted molar refractivity (Wildman–Crippen MR) is 108 cm³/mol. The summed E-state index contributed by atoms with van der Waals surface area (Å²) in [4.78, 5) is 8.85. The lowest BCUT2D eigenvalue weighted by Gasteiger charge is -2.35. The van der Waals surface area contributed by atoms with Gasteiger partial charge < -0.3 is 15.1 Å². The summed E-state index contributed by atoms with van der Waals surface area (Å²) >= 11 is 0. The quantitative estimate of drug-likeness (QED) is 0.827. The highest BCUT2D eigenvalue weighted by Gasteiger charge is 2.20. The minimum absolute atomic E-state index is 0.192. The largest absolute Gasteiger partial charge is 0.365 e. The Kier molecular flexibility index (Phi) is 5.98. The molecule has 0 aliphatic carbocycles. The SMILES string of the molecule is Fc1ccc(CNC2CCN(CCN3CC=Cc4ncc(F)cc43)CC2)cc1. The molecule has 3 heterocycles. The zero-order chi connectivity index (χ0) is 19.3. The fourth-order valence-corrected chi connectivity index (χ4v) is 3.91. The van der Waals surface area contributed by atoms with Gasteiger partial charge in [0, 0.05) is 38.3 Å². The van der Waals surface area contributed by atoms with Gasteiger partial charge in [0.1, 0.15) is 11.6 Å². The van der Waals surface area contributed by atoms with Gasteiger partial charge in [0.25, 0.3) is 0 Å². The van der Waals surface area contributed by atoms with Crippen LogP contribution in [0.1, 0.15) is 24.1 Å². The predicted octanol–water partition coefficient (Wildman–Crippen LogP) is 3.45. The molecule has 0 amide bonds. The summed E-state index contributed by atoms with van der Waals surface area (Å²) in [6.45, 7) is 5.52. The van der Waals surface area contributed by atoms with Crippen LogP contribution in [0.3, 0.4) is 0 Å². The van der Waals surface area contributed by atoms with Crippen LogP contribution in [0.25, 0.3) is 6.08 Å². The maximum Gasteiger partial charge on any atom is 0.143 e. The van der Waals surface area contributed by atoms with Crippen LogP contribution in [0, 0.1) is 11.6 Å². The van der Waals surface area contributed by atoms with E-state index in [0.29, 0.717) is 6.04 Å². The summed E-state index contributed by atoms with van der Waals surface area (Å²) in [6.07, 6.45) is 7.53. The number of rotatable bonds is 6. The molecule has 28 heavy (non-hydrogen) atoms. The lowest BCUT2D eigenvalue weighted by Crippen LogP contribution is -2.45. The molecule has 1 aromatic carbocycles. The van der Waals surface area contributed by atoms with Crippen molar-refractivity contribution in [3.63, 3.8) is 0 Å². The Bertz CT molecular complexity index is 814. The molecule has 0 unspecified atom stereocenters. The average Bonchev–Trinajstić information content (AvgIpc) is 2.72. The molecule has 0 atom stereocenters. The van der Waals surface area contributed by atoms with E-state index in [1.54, 1.807) is 6.07 Å². The number of halogens is 2. The molecule has 2 aromatic rings. The minimum atomic E-state index is -0.285. The number of hydrogen-bond acceptors (Lipinski definition) is 4. The third-order valence-electron chi connectivity index (χ3n) is 5.59. The van der Waals surface area contributed by atoms with Crippen molar-refractivity contribution in [2.24, 2.45) is 0 Å². The Morgan fingerprint density at radius 1 is 1.04 bits per heavy atom. The molecule has 4 nitrogen and oxygen atoms in total. The summed E-state index contributed by atoms with van der Waals surface area (Å²) in [5.41, 5.74) is 2.84. The van der Waals surface area contributed by atoms with Gasteiger partial charge in [-0.05, 0) is 49.7 Å². The summed E-state index contributed by atoms with van der Waals surface area (Å²) < 4.78 is 26.6. The number of nitrogens with zero attached hydrogens (tertiary/aromatic N) is 3. The van der Waals surface area contributed by atoms with E-state index in [1.165, 1.54) is 18.3 Å². The zero-order valence-corrected chi connectivity index (χ0v) is 16.0. The highest BCUT2D eigenvalue weighted by Crippen LogP contribution is 2.24. The van der Waals surface area contributed by atoms with Crippen molar-refractivity contribution in [1.82, 2.24) is 15.2 Å². The van der Waals surface area contributed by atoms with E-state index in [-0.39, 0.29) is 11.6 Å². The summed E-state index contributed by atoms with van der Waals surface area (Å²) in [5, 5.41) is 3.58. The van der Waals surface area contributed by atoms with Crippen LogP contribution in [-0.4, -0.2) is 48.6 Å². The summed E-state index contributed by atoms with van der Waals surface area (Å²) in [5.74, 6) is -0.477. The molecule has 2 aliphatic rings. The standard InChI is InChI=1S/C22H26F2N4/c23-18-5-3-17(4-6-18)15-25-20-7-10-27(11-8-20)12-13-28-9-1-2-21-22(28)14-19(24)16-26-21/h1-6,14,16,20,25H,7-13,15H2. The van der Waals surface area contributed by atoms with Crippen molar-refractivity contribution in [2.75, 3.05) is 37.6 Å². The van der Waals surface area contributed by atoms with Crippen molar-refractivity contribution in [2.45, 2.75) is 25.4 Å². The van der Waals surface area contributed by atoms with Gasteiger partial charge in [0.05, 0.1) is 17.6 Å². The van der Waals surface area contributed by atoms with E-state index in [9.17, 15) is 8.78 Å². The van der Waals surface area contributed by atoms with E-state index in [0.717, 1.165) is 69.1 Å². The van der Waals surface area contributed by atoms with Crippen molar-refractivity contribution in [3.05, 3.63) is 65.5 Å². The van der Waals surface area contributed by atoms with E-state index in [1.807, 2.05) is 18.2 Å². The lowest BCUT2D eigenvalue weighted by atomic mass is 10.0. The molecular formula is C22H26F2N4. The Balaban J connectivity index is 1.21. The number of fused-ring (bicyclic) bond motifs is 1. The molecule has 4 rings (SSSR count). The summed E-state index contributed by atoms with van der Waals surface area (Å²) in [6, 6.07) is 8.76. The molecule has 0 radical (unpaired) electrons. The Morgan fingerprint density at radius 3 is 2.61 bits per heavy atom. The van der Waals surface area contributed by atoms with Gasteiger partial charge in [-0.3, -0.25) is 4.98 Å².